The summed E-state index contributed by atoms with van der Waals surface area (Å²) in [5.41, 5.74) is 3.79. The van der Waals surface area contributed by atoms with Gasteiger partial charge in [0.2, 0.25) is 11.8 Å². The first-order chi connectivity index (χ1) is 26.9. The first-order valence-electron chi connectivity index (χ1n) is 19.4. The molecule has 15 nitrogen and oxygen atoms in total. The standard InChI is InChI=1S/C39H47F2N11O4/c1-22-18-23(2)52-36(43-22)27(19-42-52)37(54)44-28-21-50(46-33(28)35(40)41)26-10-8-24(9-11-26)20-47(3)25-14-16-49(17-15-25)29-6-5-7-30-34(29)48(4)39(56)51(30)31-12-13-32(53)45-38(31)55/h5-7,18-19,21,24-26,31,35H,8-17,20H2,1-4H3,(H,44,54)(H,45,53,55)/t24-,26-,31?. The molecule has 2 saturated heterocycles. The van der Waals surface area contributed by atoms with Gasteiger partial charge < -0.3 is 15.1 Å². The highest BCUT2D eigenvalue weighted by Crippen LogP contribution is 2.37. The van der Waals surface area contributed by atoms with Crippen molar-refractivity contribution in [2.24, 2.45) is 13.0 Å². The summed E-state index contributed by atoms with van der Waals surface area (Å²) in [6.45, 7) is 6.24. The van der Waals surface area contributed by atoms with Crippen molar-refractivity contribution in [3.8, 4) is 0 Å². The maximum atomic E-state index is 14.2. The summed E-state index contributed by atoms with van der Waals surface area (Å²) < 4.78 is 34.6. The van der Waals surface area contributed by atoms with Gasteiger partial charge in [-0.15, -0.1) is 0 Å². The number of fused-ring (bicyclic) bond motifs is 2. The summed E-state index contributed by atoms with van der Waals surface area (Å²) in [7, 11) is 3.91. The number of benzene rings is 1. The number of nitrogens with one attached hydrogen (secondary N) is 2. The zero-order chi connectivity index (χ0) is 39.4. The first kappa shape index (κ1) is 37.5. The number of hydrogen-bond acceptors (Lipinski definition) is 9. The van der Waals surface area contributed by atoms with Crippen LogP contribution in [0.2, 0.25) is 0 Å². The number of imidazole rings is 1. The molecule has 2 N–H and O–H groups in total. The Morgan fingerprint density at radius 1 is 1.05 bits per heavy atom. The number of amides is 3. The van der Waals surface area contributed by atoms with Gasteiger partial charge >= 0.3 is 5.69 Å². The van der Waals surface area contributed by atoms with Crippen molar-refractivity contribution >= 4 is 45.8 Å². The monoisotopic (exact) mass is 771 g/mol. The van der Waals surface area contributed by atoms with Crippen LogP contribution in [0.1, 0.15) is 97.3 Å². The molecule has 0 bridgehead atoms. The largest absolute Gasteiger partial charge is 0.370 e. The number of para-hydroxylation sites is 1. The second-order valence-corrected chi connectivity index (χ2v) is 15.7. The van der Waals surface area contributed by atoms with Gasteiger partial charge in [-0.2, -0.15) is 10.2 Å². The topological polar surface area (TPSA) is 157 Å². The highest BCUT2D eigenvalue weighted by Gasteiger charge is 2.34. The highest BCUT2D eigenvalue weighted by atomic mass is 19.3. The summed E-state index contributed by atoms with van der Waals surface area (Å²) >= 11 is 0. The fraction of sp³-hybridized carbons (Fsp3) is 0.513. The van der Waals surface area contributed by atoms with Gasteiger partial charge in [0, 0.05) is 56.7 Å². The molecule has 1 atom stereocenters. The molecule has 1 aromatic carbocycles. The van der Waals surface area contributed by atoms with Gasteiger partial charge in [-0.1, -0.05) is 6.07 Å². The molecule has 6 heterocycles. The number of nitrogens with zero attached hydrogens (tertiary/aromatic N) is 9. The number of carbonyl (C=O) groups is 3. The second-order valence-electron chi connectivity index (χ2n) is 15.7. The Morgan fingerprint density at radius 3 is 2.52 bits per heavy atom. The zero-order valence-electron chi connectivity index (χ0n) is 32.0. The lowest BCUT2D eigenvalue weighted by molar-refractivity contribution is -0.135. The fourth-order valence-corrected chi connectivity index (χ4v) is 9.07. The summed E-state index contributed by atoms with van der Waals surface area (Å²) in [5, 5.41) is 13.5. The number of alkyl halides is 2. The number of aromatic nitrogens is 7. The molecule has 3 amide bonds. The van der Waals surface area contributed by atoms with Crippen molar-refractivity contribution in [1.29, 1.82) is 0 Å². The molecule has 296 valence electrons. The van der Waals surface area contributed by atoms with Crippen molar-refractivity contribution in [3.05, 3.63) is 69.8 Å². The van der Waals surface area contributed by atoms with Crippen LogP contribution in [-0.4, -0.2) is 88.9 Å². The van der Waals surface area contributed by atoms with Crippen molar-refractivity contribution in [2.45, 2.75) is 89.8 Å². The molecular weight excluding hydrogens is 724 g/mol. The summed E-state index contributed by atoms with van der Waals surface area (Å²) in [6.07, 6.45) is 5.93. The number of imide groups is 1. The van der Waals surface area contributed by atoms with Crippen molar-refractivity contribution in [3.63, 3.8) is 0 Å². The van der Waals surface area contributed by atoms with Crippen LogP contribution in [0.25, 0.3) is 16.7 Å². The minimum absolute atomic E-state index is 0.00716. The molecule has 3 aliphatic rings. The molecule has 1 aliphatic carbocycles. The van der Waals surface area contributed by atoms with E-state index in [1.807, 2.05) is 38.1 Å². The third-order valence-electron chi connectivity index (χ3n) is 12.0. The lowest BCUT2D eigenvalue weighted by atomic mass is 9.85. The van der Waals surface area contributed by atoms with E-state index in [-0.39, 0.29) is 35.3 Å². The molecule has 1 saturated carbocycles. The van der Waals surface area contributed by atoms with Crippen LogP contribution in [0.5, 0.6) is 0 Å². The molecule has 56 heavy (non-hydrogen) atoms. The van der Waals surface area contributed by atoms with Gasteiger partial charge in [-0.05, 0) is 90.0 Å². The smallest absolute Gasteiger partial charge is 0.329 e. The normalized spacial score (nSPS) is 21.1. The van der Waals surface area contributed by atoms with Crippen LogP contribution in [-0.2, 0) is 16.6 Å². The van der Waals surface area contributed by atoms with E-state index in [4.69, 9.17) is 0 Å². The van der Waals surface area contributed by atoms with Gasteiger partial charge in [0.15, 0.2) is 11.3 Å². The molecule has 0 spiro atoms. The Kier molecular flexibility index (Phi) is 9.97. The van der Waals surface area contributed by atoms with Crippen LogP contribution >= 0.6 is 0 Å². The quantitative estimate of drug-likeness (QED) is 0.203. The van der Waals surface area contributed by atoms with Crippen LogP contribution in [0.15, 0.2) is 41.5 Å². The average molecular weight is 772 g/mol. The van der Waals surface area contributed by atoms with E-state index in [0.29, 0.717) is 29.5 Å². The van der Waals surface area contributed by atoms with Gasteiger partial charge in [-0.3, -0.25) is 33.5 Å². The molecule has 2 aliphatic heterocycles. The lowest BCUT2D eigenvalue weighted by Gasteiger charge is -2.40. The Morgan fingerprint density at radius 2 is 1.80 bits per heavy atom. The van der Waals surface area contributed by atoms with E-state index in [2.05, 4.69) is 42.7 Å². The second kappa shape index (κ2) is 14.9. The minimum atomic E-state index is -2.85. The minimum Gasteiger partial charge on any atom is -0.370 e. The van der Waals surface area contributed by atoms with Crippen LogP contribution in [0.4, 0.5) is 20.2 Å². The van der Waals surface area contributed by atoms with Crippen LogP contribution in [0, 0.1) is 19.8 Å². The average Bonchev–Trinajstić information content (AvgIpc) is 3.87. The maximum absolute atomic E-state index is 14.2. The molecule has 4 aromatic heterocycles. The number of piperidine rings is 2. The molecule has 8 rings (SSSR count). The zero-order valence-corrected chi connectivity index (χ0v) is 32.0. The van der Waals surface area contributed by atoms with Crippen LogP contribution in [0.3, 0.4) is 0 Å². The molecule has 5 aromatic rings. The Balaban J connectivity index is 0.871. The maximum Gasteiger partial charge on any atom is 0.329 e. The van der Waals surface area contributed by atoms with Gasteiger partial charge in [0.05, 0.1) is 34.6 Å². The molecule has 0 radical (unpaired) electrons. The van der Waals surface area contributed by atoms with E-state index in [1.165, 1.54) is 17.0 Å². The van der Waals surface area contributed by atoms with Crippen molar-refractivity contribution < 1.29 is 23.2 Å². The summed E-state index contributed by atoms with van der Waals surface area (Å²) in [4.78, 5) is 60.4. The number of hydrogen-bond donors (Lipinski definition) is 2. The number of halogens is 2. The van der Waals surface area contributed by atoms with E-state index in [0.717, 1.165) is 80.8 Å². The Hall–Kier alpha value is -5.45. The molecule has 17 heteroatoms. The van der Waals surface area contributed by atoms with Gasteiger partial charge in [0.25, 0.3) is 12.3 Å². The number of anilines is 2. The van der Waals surface area contributed by atoms with E-state index < -0.39 is 30.0 Å². The van der Waals surface area contributed by atoms with E-state index in [1.54, 1.807) is 20.8 Å². The Labute approximate surface area is 321 Å². The van der Waals surface area contributed by atoms with Crippen molar-refractivity contribution in [1.82, 2.24) is 43.7 Å². The number of carbonyl (C=O) groups excluding carboxylic acids is 3. The van der Waals surface area contributed by atoms with E-state index in [9.17, 15) is 28.0 Å². The predicted molar refractivity (Wildman–Crippen MR) is 205 cm³/mol. The highest BCUT2D eigenvalue weighted by molar-refractivity contribution is 6.08. The fourth-order valence-electron chi connectivity index (χ4n) is 9.07. The third-order valence-corrected chi connectivity index (χ3v) is 12.0. The molecular formula is C39H47F2N11O4. The number of rotatable bonds is 9. The third kappa shape index (κ3) is 6.85. The lowest BCUT2D eigenvalue weighted by Crippen LogP contribution is -2.45. The summed E-state index contributed by atoms with van der Waals surface area (Å²) in [6, 6.07) is 7.28. The van der Waals surface area contributed by atoms with Crippen LogP contribution < -0.4 is 21.2 Å². The predicted octanol–water partition coefficient (Wildman–Crippen LogP) is 4.70. The van der Waals surface area contributed by atoms with Gasteiger partial charge in [0.1, 0.15) is 11.6 Å². The molecule has 3 fully saturated rings. The van der Waals surface area contributed by atoms with Crippen molar-refractivity contribution in [2.75, 3.05) is 36.9 Å². The SMILES string of the molecule is Cc1cc(C)n2ncc(C(=O)Nc3cn([C@H]4CC[C@H](CN(C)C5CCN(c6cccc7c6n(C)c(=O)n7C6CCC(=O)NC6=O)CC5)CC4)nc3C(F)F)c2n1. The number of aryl methyl sites for hydroxylation is 3. The van der Waals surface area contributed by atoms with E-state index >= 15 is 0 Å². The Bertz CT molecular complexity index is 2380. The summed E-state index contributed by atoms with van der Waals surface area (Å²) in [5.74, 6) is -0.866. The van der Waals surface area contributed by atoms with Gasteiger partial charge in [-0.25, -0.2) is 23.1 Å². The first-order valence-corrected chi connectivity index (χ1v) is 19.4. The molecule has 1 unspecified atom stereocenters.